The summed E-state index contributed by atoms with van der Waals surface area (Å²) in [6, 6.07) is 10.4. The summed E-state index contributed by atoms with van der Waals surface area (Å²) < 4.78 is 44.2. The van der Waals surface area contributed by atoms with Crippen LogP contribution in [0.4, 0.5) is 4.39 Å². The second-order valence-electron chi connectivity index (χ2n) is 5.43. The number of rotatable bonds is 5. The highest BCUT2D eigenvalue weighted by Crippen LogP contribution is 2.19. The van der Waals surface area contributed by atoms with Gasteiger partial charge in [0.25, 0.3) is 0 Å². The van der Waals surface area contributed by atoms with E-state index >= 15 is 0 Å². The van der Waals surface area contributed by atoms with Crippen LogP contribution in [-0.2, 0) is 21.4 Å². The van der Waals surface area contributed by atoms with Crippen LogP contribution in [0.15, 0.2) is 47.4 Å². The van der Waals surface area contributed by atoms with E-state index in [0.29, 0.717) is 0 Å². The van der Waals surface area contributed by atoms with Crippen LogP contribution in [0.2, 0.25) is 0 Å². The highest BCUT2D eigenvalue weighted by Gasteiger charge is 2.22. The molecule has 0 saturated heterocycles. The highest BCUT2D eigenvalue weighted by atomic mass is 32.2. The molecular weight excluding hydrogens is 333 g/mol. The van der Waals surface area contributed by atoms with Crippen molar-refractivity contribution >= 4 is 16.0 Å². The molecule has 0 aliphatic carbocycles. The van der Waals surface area contributed by atoms with Crippen LogP contribution in [-0.4, -0.2) is 32.8 Å². The topological polar surface area (TPSA) is 63.7 Å². The summed E-state index contributed by atoms with van der Waals surface area (Å²) in [4.78, 5) is 12.0. The van der Waals surface area contributed by atoms with E-state index in [9.17, 15) is 17.6 Å². The lowest BCUT2D eigenvalue weighted by atomic mass is 10.1. The van der Waals surface area contributed by atoms with Gasteiger partial charge in [0.05, 0.1) is 10.5 Å². The molecule has 0 radical (unpaired) electrons. The highest BCUT2D eigenvalue weighted by molar-refractivity contribution is 7.89. The number of carbonyl (C=O) groups excluding carboxylic acids is 1. The Labute approximate surface area is 140 Å². The van der Waals surface area contributed by atoms with Gasteiger partial charge in [-0.1, -0.05) is 24.3 Å². The standard InChI is InChI=1S/C17H18FNO4S/c1-12-6-4-5-7-13(12)11-23-17(20)15-10-14(8-9-16(15)18)24(21,22)19(2)3/h4-10H,11H2,1-3H3. The molecule has 0 aliphatic rings. The van der Waals surface area contributed by atoms with Gasteiger partial charge in [0.2, 0.25) is 10.0 Å². The third-order valence-corrected chi connectivity index (χ3v) is 5.37. The first-order chi connectivity index (χ1) is 11.2. The van der Waals surface area contributed by atoms with Crippen molar-refractivity contribution in [3.8, 4) is 0 Å². The van der Waals surface area contributed by atoms with Crippen molar-refractivity contribution in [1.82, 2.24) is 4.31 Å². The zero-order chi connectivity index (χ0) is 17.9. The van der Waals surface area contributed by atoms with Crippen molar-refractivity contribution in [1.29, 1.82) is 0 Å². The molecule has 128 valence electrons. The molecule has 0 aliphatic heterocycles. The van der Waals surface area contributed by atoms with E-state index in [0.717, 1.165) is 33.6 Å². The Bertz CT molecular complexity index is 863. The van der Waals surface area contributed by atoms with Crippen LogP contribution in [0.1, 0.15) is 21.5 Å². The van der Waals surface area contributed by atoms with Crippen molar-refractivity contribution in [3.63, 3.8) is 0 Å². The molecule has 0 amide bonds. The van der Waals surface area contributed by atoms with Gasteiger partial charge in [0, 0.05) is 14.1 Å². The molecular formula is C17H18FNO4S. The maximum atomic E-state index is 13.9. The first kappa shape index (κ1) is 18.1. The van der Waals surface area contributed by atoms with E-state index in [1.807, 2.05) is 19.1 Å². The van der Waals surface area contributed by atoms with Gasteiger partial charge in [-0.2, -0.15) is 0 Å². The Hall–Kier alpha value is -2.25. The number of hydrogen-bond acceptors (Lipinski definition) is 4. The molecule has 0 atom stereocenters. The average molecular weight is 351 g/mol. The number of hydrogen-bond donors (Lipinski definition) is 0. The van der Waals surface area contributed by atoms with Gasteiger partial charge < -0.3 is 4.74 Å². The molecule has 0 spiro atoms. The number of carbonyl (C=O) groups is 1. The number of halogens is 1. The molecule has 0 bridgehead atoms. The lowest BCUT2D eigenvalue weighted by molar-refractivity contribution is 0.0466. The van der Waals surface area contributed by atoms with Crippen LogP contribution in [0.5, 0.6) is 0 Å². The summed E-state index contributed by atoms with van der Waals surface area (Å²) in [5, 5.41) is 0. The zero-order valence-electron chi connectivity index (χ0n) is 13.6. The predicted octanol–water partition coefficient (Wildman–Crippen LogP) is 2.74. The van der Waals surface area contributed by atoms with Gasteiger partial charge in [-0.05, 0) is 36.2 Å². The van der Waals surface area contributed by atoms with E-state index in [1.54, 1.807) is 12.1 Å². The number of aryl methyl sites for hydroxylation is 1. The molecule has 0 saturated carbocycles. The molecule has 2 aromatic rings. The van der Waals surface area contributed by atoms with Gasteiger partial charge in [0.15, 0.2) is 0 Å². The molecule has 0 fully saturated rings. The number of ether oxygens (including phenoxy) is 1. The monoisotopic (exact) mass is 351 g/mol. The van der Waals surface area contributed by atoms with Crippen LogP contribution in [0.25, 0.3) is 0 Å². The third kappa shape index (κ3) is 3.80. The minimum atomic E-state index is -3.76. The SMILES string of the molecule is Cc1ccccc1COC(=O)c1cc(S(=O)(=O)N(C)C)ccc1F. The first-order valence-electron chi connectivity index (χ1n) is 7.17. The fraction of sp³-hybridized carbons (Fsp3) is 0.235. The quantitative estimate of drug-likeness (QED) is 0.777. The number of benzene rings is 2. The van der Waals surface area contributed by atoms with E-state index < -0.39 is 27.4 Å². The van der Waals surface area contributed by atoms with Crippen molar-refractivity contribution in [3.05, 3.63) is 65.0 Å². The van der Waals surface area contributed by atoms with Gasteiger partial charge in [-0.25, -0.2) is 21.9 Å². The number of nitrogens with zero attached hydrogens (tertiary/aromatic N) is 1. The van der Waals surface area contributed by atoms with Crippen LogP contribution < -0.4 is 0 Å². The van der Waals surface area contributed by atoms with E-state index in [4.69, 9.17) is 4.74 Å². The third-order valence-electron chi connectivity index (χ3n) is 3.56. The van der Waals surface area contributed by atoms with E-state index in [2.05, 4.69) is 0 Å². The normalized spacial score (nSPS) is 11.5. The molecule has 2 aromatic carbocycles. The lowest BCUT2D eigenvalue weighted by Gasteiger charge is -2.13. The fourth-order valence-corrected chi connectivity index (χ4v) is 2.95. The van der Waals surface area contributed by atoms with Crippen LogP contribution in [0, 0.1) is 12.7 Å². The Morgan fingerprint density at radius 2 is 1.83 bits per heavy atom. The number of sulfonamides is 1. The molecule has 7 heteroatoms. The molecule has 0 unspecified atom stereocenters. The van der Waals surface area contributed by atoms with Gasteiger partial charge in [0.1, 0.15) is 12.4 Å². The van der Waals surface area contributed by atoms with Crippen LogP contribution in [0.3, 0.4) is 0 Å². The fourth-order valence-electron chi connectivity index (χ4n) is 2.03. The summed E-state index contributed by atoms with van der Waals surface area (Å²) in [6.07, 6.45) is 0. The Kier molecular flexibility index (Phi) is 5.36. The summed E-state index contributed by atoms with van der Waals surface area (Å²) in [6.45, 7) is 1.85. The summed E-state index contributed by atoms with van der Waals surface area (Å²) in [5.41, 5.74) is 1.32. The predicted molar refractivity (Wildman–Crippen MR) is 87.6 cm³/mol. The molecule has 0 aromatic heterocycles. The Balaban J connectivity index is 2.25. The van der Waals surface area contributed by atoms with Gasteiger partial charge >= 0.3 is 5.97 Å². The average Bonchev–Trinajstić information content (AvgIpc) is 2.54. The van der Waals surface area contributed by atoms with Crippen molar-refractivity contribution in [2.75, 3.05) is 14.1 Å². The van der Waals surface area contributed by atoms with Gasteiger partial charge in [-0.15, -0.1) is 0 Å². The minimum Gasteiger partial charge on any atom is -0.457 e. The summed E-state index contributed by atoms with van der Waals surface area (Å²) in [7, 11) is -1.05. The lowest BCUT2D eigenvalue weighted by Crippen LogP contribution is -2.22. The van der Waals surface area contributed by atoms with Crippen molar-refractivity contribution in [2.45, 2.75) is 18.4 Å². The molecule has 2 rings (SSSR count). The Morgan fingerprint density at radius 1 is 1.17 bits per heavy atom. The summed E-state index contributed by atoms with van der Waals surface area (Å²) in [5.74, 6) is -1.74. The van der Waals surface area contributed by atoms with Crippen molar-refractivity contribution in [2.24, 2.45) is 0 Å². The second kappa shape index (κ2) is 7.11. The smallest absolute Gasteiger partial charge is 0.341 e. The molecule has 5 nitrogen and oxygen atoms in total. The maximum Gasteiger partial charge on any atom is 0.341 e. The molecule has 0 N–H and O–H groups in total. The van der Waals surface area contributed by atoms with Gasteiger partial charge in [-0.3, -0.25) is 0 Å². The maximum absolute atomic E-state index is 13.9. The molecule has 24 heavy (non-hydrogen) atoms. The van der Waals surface area contributed by atoms with E-state index in [1.165, 1.54) is 14.1 Å². The zero-order valence-corrected chi connectivity index (χ0v) is 14.4. The first-order valence-corrected chi connectivity index (χ1v) is 8.61. The van der Waals surface area contributed by atoms with Crippen LogP contribution >= 0.6 is 0 Å². The number of esters is 1. The Morgan fingerprint density at radius 3 is 2.46 bits per heavy atom. The second-order valence-corrected chi connectivity index (χ2v) is 7.58. The minimum absolute atomic E-state index is 0.0182. The largest absolute Gasteiger partial charge is 0.457 e. The molecule has 0 heterocycles. The summed E-state index contributed by atoms with van der Waals surface area (Å²) >= 11 is 0. The van der Waals surface area contributed by atoms with Crippen molar-refractivity contribution < 1.29 is 22.3 Å². The van der Waals surface area contributed by atoms with E-state index in [-0.39, 0.29) is 11.5 Å².